The molecule has 0 aliphatic rings. The fraction of sp³-hybridized carbons (Fsp3) is 0.400. The molecular weight excluding hydrogens is 306 g/mol. The molecule has 6 nitrogen and oxygen atoms in total. The molecule has 1 aromatic heterocycles. The molecule has 0 saturated heterocycles. The molecule has 0 saturated carbocycles. The van der Waals surface area contributed by atoms with Crippen LogP contribution in [0.2, 0.25) is 5.02 Å². The van der Waals surface area contributed by atoms with Crippen molar-refractivity contribution < 1.29 is 14.6 Å². The summed E-state index contributed by atoms with van der Waals surface area (Å²) in [4.78, 5) is 9.31. The fourth-order valence-electron chi connectivity index (χ4n) is 2.24. The van der Waals surface area contributed by atoms with Gasteiger partial charge in [-0.25, -0.2) is 4.98 Å². The minimum Gasteiger partial charge on any atom is -0.493 e. The smallest absolute Gasteiger partial charge is 0.179 e. The molecule has 0 aliphatic carbocycles. The van der Waals surface area contributed by atoms with Gasteiger partial charge < -0.3 is 19.6 Å². The number of benzene rings is 1. The van der Waals surface area contributed by atoms with Gasteiger partial charge in [0.15, 0.2) is 11.5 Å². The van der Waals surface area contributed by atoms with Crippen molar-refractivity contribution in [3.63, 3.8) is 0 Å². The highest BCUT2D eigenvalue weighted by molar-refractivity contribution is 6.33. The molecule has 0 bridgehead atoms. The summed E-state index contributed by atoms with van der Waals surface area (Å²) >= 11 is 6.40. The highest BCUT2D eigenvalue weighted by Gasteiger charge is 2.16. The first-order valence-electron chi connectivity index (χ1n) is 6.90. The number of aromatic nitrogens is 2. The van der Waals surface area contributed by atoms with Crippen molar-refractivity contribution in [2.24, 2.45) is 0 Å². The van der Waals surface area contributed by atoms with Gasteiger partial charge in [0, 0.05) is 25.5 Å². The molecule has 0 fully saturated rings. The summed E-state index contributed by atoms with van der Waals surface area (Å²) in [5, 5.41) is 9.76. The first kappa shape index (κ1) is 16.6. The molecule has 0 radical (unpaired) electrons. The number of hydrogen-bond donors (Lipinski definition) is 2. The van der Waals surface area contributed by atoms with E-state index in [1.165, 1.54) is 0 Å². The average Bonchev–Trinajstić information content (AvgIpc) is 3.02. The number of halogens is 1. The molecule has 2 N–H and O–H groups in total. The van der Waals surface area contributed by atoms with Crippen LogP contribution in [0, 0.1) is 0 Å². The van der Waals surface area contributed by atoms with Crippen molar-refractivity contribution in [2.45, 2.75) is 13.1 Å². The lowest BCUT2D eigenvalue weighted by Crippen LogP contribution is -2.26. The second-order valence-electron chi connectivity index (χ2n) is 4.74. The van der Waals surface area contributed by atoms with Gasteiger partial charge in [0.2, 0.25) is 0 Å². The Morgan fingerprint density at radius 3 is 2.68 bits per heavy atom. The van der Waals surface area contributed by atoms with Crippen molar-refractivity contribution >= 4 is 11.6 Å². The lowest BCUT2D eigenvalue weighted by Gasteiger charge is -2.22. The van der Waals surface area contributed by atoms with Crippen LogP contribution in [0.25, 0.3) is 0 Å². The Morgan fingerprint density at radius 2 is 2.09 bits per heavy atom. The van der Waals surface area contributed by atoms with Crippen LogP contribution >= 0.6 is 11.6 Å². The van der Waals surface area contributed by atoms with Gasteiger partial charge >= 0.3 is 0 Å². The van der Waals surface area contributed by atoms with Crippen LogP contribution in [0.5, 0.6) is 11.5 Å². The molecule has 22 heavy (non-hydrogen) atoms. The number of aliphatic hydroxyl groups is 1. The number of ether oxygens (including phenoxy) is 2. The van der Waals surface area contributed by atoms with Gasteiger partial charge in [-0.15, -0.1) is 0 Å². The summed E-state index contributed by atoms with van der Waals surface area (Å²) in [6.07, 6.45) is 3.48. The van der Waals surface area contributed by atoms with E-state index in [1.54, 1.807) is 26.6 Å². The monoisotopic (exact) mass is 325 g/mol. The average molecular weight is 326 g/mol. The zero-order chi connectivity index (χ0) is 15.9. The van der Waals surface area contributed by atoms with E-state index in [1.807, 2.05) is 17.0 Å². The first-order chi connectivity index (χ1) is 10.7. The van der Waals surface area contributed by atoms with E-state index >= 15 is 0 Å². The first-order valence-corrected chi connectivity index (χ1v) is 7.28. The maximum Gasteiger partial charge on any atom is 0.179 e. The van der Waals surface area contributed by atoms with Crippen molar-refractivity contribution in [3.05, 3.63) is 40.9 Å². The third-order valence-electron chi connectivity index (χ3n) is 3.30. The number of rotatable bonds is 8. The van der Waals surface area contributed by atoms with Crippen LogP contribution in [-0.4, -0.2) is 47.3 Å². The van der Waals surface area contributed by atoms with Gasteiger partial charge in [0.25, 0.3) is 0 Å². The number of nitrogens with zero attached hydrogens (tertiary/aromatic N) is 2. The fourth-order valence-corrected chi connectivity index (χ4v) is 2.54. The molecule has 0 amide bonds. The Hall–Kier alpha value is -1.76. The standard InChI is InChI=1S/C15H20ClN3O3/c1-21-12-4-3-11(14(16)15(12)22-2)9-19(7-8-20)10-13-17-5-6-18-13/h3-6,20H,7-10H2,1-2H3,(H,17,18). The molecule has 0 unspecified atom stereocenters. The third-order valence-corrected chi connectivity index (χ3v) is 3.72. The lowest BCUT2D eigenvalue weighted by molar-refractivity contribution is 0.181. The van der Waals surface area contributed by atoms with E-state index in [-0.39, 0.29) is 6.61 Å². The maximum absolute atomic E-state index is 9.25. The normalized spacial score (nSPS) is 11.0. The quantitative estimate of drug-likeness (QED) is 0.777. The molecule has 1 heterocycles. The van der Waals surface area contributed by atoms with Crippen LogP contribution in [0.3, 0.4) is 0 Å². The molecular formula is C15H20ClN3O3. The summed E-state index contributed by atoms with van der Waals surface area (Å²) in [5.41, 5.74) is 0.902. The highest BCUT2D eigenvalue weighted by atomic mass is 35.5. The summed E-state index contributed by atoms with van der Waals surface area (Å²) in [7, 11) is 3.13. The van der Waals surface area contributed by atoms with E-state index < -0.39 is 0 Å². The van der Waals surface area contributed by atoms with E-state index in [0.717, 1.165) is 11.4 Å². The molecule has 0 spiro atoms. The predicted octanol–water partition coefficient (Wildman–Crippen LogP) is 2.07. The summed E-state index contributed by atoms with van der Waals surface area (Å²) < 4.78 is 10.5. The third kappa shape index (κ3) is 3.91. The van der Waals surface area contributed by atoms with Crippen molar-refractivity contribution in [1.29, 1.82) is 0 Å². The van der Waals surface area contributed by atoms with Gasteiger partial charge in [-0.3, -0.25) is 4.90 Å². The summed E-state index contributed by atoms with van der Waals surface area (Å²) in [5.74, 6) is 1.95. The van der Waals surface area contributed by atoms with Gasteiger partial charge in [0.1, 0.15) is 5.82 Å². The second-order valence-corrected chi connectivity index (χ2v) is 5.12. The maximum atomic E-state index is 9.25. The molecule has 0 aliphatic heterocycles. The van der Waals surface area contributed by atoms with E-state index in [2.05, 4.69) is 9.97 Å². The van der Waals surface area contributed by atoms with Crippen LogP contribution in [0.15, 0.2) is 24.5 Å². The number of H-pyrrole nitrogens is 1. The number of aliphatic hydroxyl groups excluding tert-OH is 1. The largest absolute Gasteiger partial charge is 0.493 e. The summed E-state index contributed by atoms with van der Waals surface area (Å²) in [6, 6.07) is 3.72. The zero-order valence-corrected chi connectivity index (χ0v) is 13.4. The molecule has 1 aromatic carbocycles. The molecule has 2 aromatic rings. The van der Waals surface area contributed by atoms with E-state index in [4.69, 9.17) is 21.1 Å². The number of methoxy groups -OCH3 is 2. The van der Waals surface area contributed by atoms with Gasteiger partial charge in [-0.2, -0.15) is 0 Å². The van der Waals surface area contributed by atoms with Gasteiger partial charge in [-0.1, -0.05) is 17.7 Å². The Morgan fingerprint density at radius 1 is 1.27 bits per heavy atom. The molecule has 120 valence electrons. The Labute approximate surface area is 134 Å². The SMILES string of the molecule is COc1ccc(CN(CCO)Cc2ncc[nH]2)c(Cl)c1OC. The Bertz CT molecular complexity index is 590. The zero-order valence-electron chi connectivity index (χ0n) is 12.7. The molecule has 7 heteroatoms. The summed E-state index contributed by atoms with van der Waals surface area (Å²) in [6.45, 7) is 1.75. The molecule has 0 atom stereocenters. The van der Waals surface area contributed by atoms with E-state index in [0.29, 0.717) is 36.2 Å². The Balaban J connectivity index is 2.18. The predicted molar refractivity (Wildman–Crippen MR) is 84.3 cm³/mol. The van der Waals surface area contributed by atoms with Crippen LogP contribution in [0.1, 0.15) is 11.4 Å². The minimum atomic E-state index is 0.0611. The highest BCUT2D eigenvalue weighted by Crippen LogP contribution is 2.37. The number of nitrogens with one attached hydrogen (secondary N) is 1. The number of hydrogen-bond acceptors (Lipinski definition) is 5. The number of imidazole rings is 1. The molecule has 2 rings (SSSR count). The minimum absolute atomic E-state index is 0.0611. The second kappa shape index (κ2) is 8.03. The number of aromatic amines is 1. The Kier molecular flexibility index (Phi) is 6.06. The van der Waals surface area contributed by atoms with Crippen molar-refractivity contribution in [3.8, 4) is 11.5 Å². The van der Waals surface area contributed by atoms with Gasteiger partial charge in [0.05, 0.1) is 32.4 Å². The lowest BCUT2D eigenvalue weighted by atomic mass is 10.1. The van der Waals surface area contributed by atoms with Gasteiger partial charge in [-0.05, 0) is 11.6 Å². The van der Waals surface area contributed by atoms with Crippen molar-refractivity contribution in [2.75, 3.05) is 27.4 Å². The van der Waals surface area contributed by atoms with E-state index in [9.17, 15) is 5.11 Å². The van der Waals surface area contributed by atoms with Crippen molar-refractivity contribution in [1.82, 2.24) is 14.9 Å². The van der Waals surface area contributed by atoms with Crippen LogP contribution < -0.4 is 9.47 Å². The van der Waals surface area contributed by atoms with Crippen LogP contribution in [0.4, 0.5) is 0 Å². The topological polar surface area (TPSA) is 70.6 Å². The van der Waals surface area contributed by atoms with Crippen LogP contribution in [-0.2, 0) is 13.1 Å².